The molecule has 3 aliphatic rings. The first-order valence-corrected chi connectivity index (χ1v) is 16.5. The van der Waals surface area contributed by atoms with Gasteiger partial charge in [0.2, 0.25) is 0 Å². The maximum absolute atomic E-state index is 3.39. The number of allylic oxidation sites excluding steroid dienone is 2. The van der Waals surface area contributed by atoms with E-state index in [2.05, 4.69) is 62.1 Å². The van der Waals surface area contributed by atoms with Crippen LogP contribution in [-0.2, 0) is 0 Å². The van der Waals surface area contributed by atoms with Gasteiger partial charge in [-0.1, -0.05) is 102 Å². The van der Waals surface area contributed by atoms with Crippen LogP contribution in [0.3, 0.4) is 0 Å². The van der Waals surface area contributed by atoms with Crippen LogP contribution in [0.1, 0.15) is 153 Å². The highest BCUT2D eigenvalue weighted by atomic mass is 14.4. The number of hydrogen-bond donors (Lipinski definition) is 0. The summed E-state index contributed by atoms with van der Waals surface area (Å²) in [5.41, 5.74) is 2.70. The van der Waals surface area contributed by atoms with Crippen LogP contribution < -0.4 is 0 Å². The predicted molar refractivity (Wildman–Crippen MR) is 162 cm³/mol. The second-order valence-corrected chi connectivity index (χ2v) is 13.1. The van der Waals surface area contributed by atoms with Crippen molar-refractivity contribution in [1.82, 2.24) is 0 Å². The fraction of sp³-hybridized carbons (Fsp3) is 0.730. The van der Waals surface area contributed by atoms with E-state index >= 15 is 0 Å². The van der Waals surface area contributed by atoms with E-state index < -0.39 is 0 Å². The summed E-state index contributed by atoms with van der Waals surface area (Å²) >= 11 is 0. The van der Waals surface area contributed by atoms with E-state index in [1.54, 1.807) is 0 Å². The zero-order chi connectivity index (χ0) is 25.7. The highest BCUT2D eigenvalue weighted by Gasteiger charge is 2.30. The minimum absolute atomic E-state index is 0.755. The van der Waals surface area contributed by atoms with E-state index in [-0.39, 0.29) is 0 Å². The molecular weight excluding hydrogens is 444 g/mol. The van der Waals surface area contributed by atoms with Crippen molar-refractivity contribution in [3.8, 4) is 11.8 Å². The van der Waals surface area contributed by atoms with Gasteiger partial charge in [0.15, 0.2) is 0 Å². The van der Waals surface area contributed by atoms with Gasteiger partial charge in [-0.15, -0.1) is 0 Å². The summed E-state index contributed by atoms with van der Waals surface area (Å²) in [4.78, 5) is 0. The smallest absolute Gasteiger partial charge is 0.0249 e. The van der Waals surface area contributed by atoms with Crippen molar-refractivity contribution in [1.29, 1.82) is 0 Å². The van der Waals surface area contributed by atoms with Crippen molar-refractivity contribution in [2.45, 2.75) is 142 Å². The van der Waals surface area contributed by atoms with Crippen LogP contribution in [0.15, 0.2) is 36.4 Å². The highest BCUT2D eigenvalue weighted by molar-refractivity contribution is 5.39. The zero-order valence-electron chi connectivity index (χ0n) is 24.4. The molecule has 0 aliphatic heterocycles. The summed E-state index contributed by atoms with van der Waals surface area (Å²) in [5.74, 6) is 12.3. The summed E-state index contributed by atoms with van der Waals surface area (Å²) in [6.07, 6.45) is 32.0. The van der Waals surface area contributed by atoms with E-state index in [4.69, 9.17) is 0 Å². The van der Waals surface area contributed by atoms with Gasteiger partial charge in [-0.3, -0.25) is 0 Å². The number of unbranched alkanes of at least 4 members (excludes halogenated alkanes) is 3. The average molecular weight is 501 g/mol. The maximum Gasteiger partial charge on any atom is 0.0249 e. The lowest BCUT2D eigenvalue weighted by Gasteiger charge is -2.37. The second-order valence-electron chi connectivity index (χ2n) is 13.1. The quantitative estimate of drug-likeness (QED) is 0.221. The summed E-state index contributed by atoms with van der Waals surface area (Å²) < 4.78 is 0. The molecule has 0 nitrogen and oxygen atoms in total. The molecule has 0 N–H and O–H groups in total. The molecule has 37 heavy (non-hydrogen) atoms. The molecule has 1 aromatic rings. The fourth-order valence-corrected chi connectivity index (χ4v) is 7.96. The molecule has 0 saturated heterocycles. The number of hydrogen-bond acceptors (Lipinski definition) is 0. The molecule has 1 aromatic carbocycles. The van der Waals surface area contributed by atoms with Crippen molar-refractivity contribution >= 4 is 0 Å². The molecule has 204 valence electrons. The molecule has 0 unspecified atom stereocenters. The maximum atomic E-state index is 3.39. The lowest BCUT2D eigenvalue weighted by Crippen LogP contribution is -2.25. The van der Waals surface area contributed by atoms with Gasteiger partial charge in [0.1, 0.15) is 0 Å². The second kappa shape index (κ2) is 15.8. The van der Waals surface area contributed by atoms with Crippen LogP contribution in [0.25, 0.3) is 0 Å². The molecule has 3 saturated carbocycles. The largest absolute Gasteiger partial charge is 0.0730 e. The van der Waals surface area contributed by atoms with Crippen molar-refractivity contribution in [2.75, 3.05) is 0 Å². The minimum atomic E-state index is 0.755. The summed E-state index contributed by atoms with van der Waals surface area (Å²) in [7, 11) is 0. The normalized spacial score (nSPS) is 30.6. The molecule has 0 aromatic heterocycles. The Balaban J connectivity index is 1.13. The van der Waals surface area contributed by atoms with Crippen molar-refractivity contribution < 1.29 is 0 Å². The highest BCUT2D eigenvalue weighted by Crippen LogP contribution is 2.42. The predicted octanol–water partition coefficient (Wildman–Crippen LogP) is 11.3. The Morgan fingerprint density at radius 2 is 1.27 bits per heavy atom. The lowest BCUT2D eigenvalue weighted by molar-refractivity contribution is 0.151. The van der Waals surface area contributed by atoms with E-state index in [1.165, 1.54) is 128 Å². The van der Waals surface area contributed by atoms with Crippen LogP contribution in [-0.4, -0.2) is 0 Å². The van der Waals surface area contributed by atoms with E-state index in [9.17, 15) is 0 Å². The third-order valence-corrected chi connectivity index (χ3v) is 10.4. The first-order valence-electron chi connectivity index (χ1n) is 16.5. The number of benzene rings is 1. The first-order chi connectivity index (χ1) is 18.2. The molecule has 3 fully saturated rings. The van der Waals surface area contributed by atoms with Gasteiger partial charge in [0.25, 0.3) is 0 Å². The number of rotatable bonds is 10. The van der Waals surface area contributed by atoms with Crippen molar-refractivity contribution in [2.24, 2.45) is 29.6 Å². The van der Waals surface area contributed by atoms with Gasteiger partial charge >= 0.3 is 0 Å². The zero-order valence-corrected chi connectivity index (χ0v) is 24.4. The fourth-order valence-electron chi connectivity index (χ4n) is 7.96. The molecule has 0 spiro atoms. The van der Waals surface area contributed by atoms with Gasteiger partial charge in [-0.2, -0.15) is 0 Å². The van der Waals surface area contributed by atoms with Crippen LogP contribution in [0.5, 0.6) is 0 Å². The summed E-state index contributed by atoms with van der Waals surface area (Å²) in [6, 6.07) is 9.19. The molecule has 0 amide bonds. The summed E-state index contributed by atoms with van der Waals surface area (Å²) in [5, 5.41) is 0. The Morgan fingerprint density at radius 3 is 1.92 bits per heavy atom. The Hall–Kier alpha value is -1.48. The molecule has 0 bridgehead atoms. The van der Waals surface area contributed by atoms with Crippen LogP contribution in [0.4, 0.5) is 0 Å². The SMILES string of the molecule is CCCCCC[C@H]1CC[C@H](C2CCC(/C=C/C#Cc3ccc([C@H]4CC[C@H](CCC)CC4)cc3)CC2)CC1. The monoisotopic (exact) mass is 500 g/mol. The van der Waals surface area contributed by atoms with E-state index in [1.807, 2.05) is 0 Å². The Bertz CT molecular complexity index is 824. The average Bonchev–Trinajstić information content (AvgIpc) is 2.95. The topological polar surface area (TPSA) is 0 Å². The third kappa shape index (κ3) is 9.34. The van der Waals surface area contributed by atoms with Gasteiger partial charge in [0.05, 0.1) is 0 Å². The van der Waals surface area contributed by atoms with Gasteiger partial charge in [0, 0.05) is 5.56 Å². The van der Waals surface area contributed by atoms with Gasteiger partial charge in [-0.05, 0) is 123 Å². The van der Waals surface area contributed by atoms with Crippen LogP contribution in [0.2, 0.25) is 0 Å². The Labute approximate surface area is 230 Å². The van der Waals surface area contributed by atoms with Crippen molar-refractivity contribution in [3.63, 3.8) is 0 Å². The summed E-state index contributed by atoms with van der Waals surface area (Å²) in [6.45, 7) is 4.65. The molecule has 3 aliphatic carbocycles. The molecule has 0 radical (unpaired) electrons. The molecule has 0 atom stereocenters. The third-order valence-electron chi connectivity index (χ3n) is 10.4. The standard InChI is InChI=1S/C37H56/c1-3-5-6-7-11-31-16-24-36(25-17-31)37-28-20-33(21-29-37)13-9-8-12-32-18-26-35(27-19-32)34-22-14-30(10-4-2)15-23-34/h9,13,18-19,26-27,30-31,33-34,36-37H,3-7,10-11,14-17,20-25,28-29H2,1-2H3/b13-9+/t30-,31-,33?,34-,36-,37?. The Kier molecular flexibility index (Phi) is 12.2. The van der Waals surface area contributed by atoms with E-state index in [0.717, 1.165) is 41.1 Å². The van der Waals surface area contributed by atoms with Gasteiger partial charge < -0.3 is 0 Å². The van der Waals surface area contributed by atoms with E-state index in [0.29, 0.717) is 0 Å². The lowest BCUT2D eigenvalue weighted by atomic mass is 9.68. The van der Waals surface area contributed by atoms with Crippen LogP contribution in [0, 0.1) is 41.4 Å². The minimum Gasteiger partial charge on any atom is -0.0730 e. The van der Waals surface area contributed by atoms with Gasteiger partial charge in [-0.25, -0.2) is 0 Å². The molecular formula is C37H56. The van der Waals surface area contributed by atoms with Crippen molar-refractivity contribution in [3.05, 3.63) is 47.5 Å². The molecule has 4 rings (SSSR count). The first kappa shape index (κ1) is 28.5. The van der Waals surface area contributed by atoms with Crippen LogP contribution >= 0.6 is 0 Å². The molecule has 0 heteroatoms. The molecule has 0 heterocycles. The Morgan fingerprint density at radius 1 is 0.649 bits per heavy atom.